The van der Waals surface area contributed by atoms with E-state index >= 15 is 0 Å². The van der Waals surface area contributed by atoms with Gasteiger partial charge in [-0.05, 0) is 29.0 Å². The van der Waals surface area contributed by atoms with E-state index in [1.165, 1.54) is 10.9 Å². The fraction of sp³-hybridized carbons (Fsp3) is 0.167. The van der Waals surface area contributed by atoms with Crippen molar-refractivity contribution < 1.29 is 4.74 Å². The van der Waals surface area contributed by atoms with Crippen molar-refractivity contribution in [3.05, 3.63) is 66.4 Å². The summed E-state index contributed by atoms with van der Waals surface area (Å²) in [5.41, 5.74) is 1.32. The molecule has 0 aliphatic rings. The lowest BCUT2D eigenvalue weighted by atomic mass is 9.97. The summed E-state index contributed by atoms with van der Waals surface area (Å²) in [7, 11) is 0. The summed E-state index contributed by atoms with van der Waals surface area (Å²) in [5, 5.41) is 2.36. The van der Waals surface area contributed by atoms with Crippen LogP contribution in [0, 0.1) is 0 Å². The maximum absolute atomic E-state index is 5.81. The van der Waals surface area contributed by atoms with Crippen LogP contribution in [0.1, 0.15) is 25.3 Å². The number of aromatic nitrogens is 1. The lowest BCUT2D eigenvalue weighted by Crippen LogP contribution is -1.92. The highest BCUT2D eigenvalue weighted by molar-refractivity contribution is 5.86. The van der Waals surface area contributed by atoms with E-state index in [9.17, 15) is 0 Å². The van der Waals surface area contributed by atoms with Crippen molar-refractivity contribution >= 4 is 10.8 Å². The Morgan fingerprint density at radius 1 is 0.950 bits per heavy atom. The Morgan fingerprint density at radius 3 is 2.50 bits per heavy atom. The first-order valence-electron chi connectivity index (χ1n) is 6.85. The number of hydrogen-bond donors (Lipinski definition) is 0. The van der Waals surface area contributed by atoms with E-state index in [4.69, 9.17) is 4.74 Å². The van der Waals surface area contributed by atoms with Gasteiger partial charge >= 0.3 is 0 Å². The van der Waals surface area contributed by atoms with Gasteiger partial charge in [-0.3, -0.25) is 0 Å². The summed E-state index contributed by atoms with van der Waals surface area (Å²) in [4.78, 5) is 4.38. The minimum atomic E-state index is 0.477. The average Bonchev–Trinajstić information content (AvgIpc) is 2.47. The van der Waals surface area contributed by atoms with Crippen molar-refractivity contribution in [2.24, 2.45) is 0 Å². The van der Waals surface area contributed by atoms with Crippen LogP contribution >= 0.6 is 0 Å². The van der Waals surface area contributed by atoms with Crippen molar-refractivity contribution in [3.63, 3.8) is 0 Å². The van der Waals surface area contributed by atoms with Gasteiger partial charge in [-0.25, -0.2) is 4.98 Å². The zero-order valence-corrected chi connectivity index (χ0v) is 11.7. The Morgan fingerprint density at radius 2 is 1.75 bits per heavy atom. The lowest BCUT2D eigenvalue weighted by molar-refractivity contribution is 0.464. The Bertz CT molecular complexity index is 720. The molecule has 3 rings (SSSR count). The topological polar surface area (TPSA) is 22.1 Å². The van der Waals surface area contributed by atoms with Crippen molar-refractivity contribution in [2.75, 3.05) is 0 Å². The van der Waals surface area contributed by atoms with Crippen LogP contribution in [0.4, 0.5) is 0 Å². The van der Waals surface area contributed by atoms with Gasteiger partial charge in [0.15, 0.2) is 0 Å². The molecule has 0 spiro atoms. The SMILES string of the molecule is CC(C)c1cccc2cnc(Oc3ccccc3)cc12. The first kappa shape index (κ1) is 12.7. The Kier molecular flexibility index (Phi) is 3.38. The summed E-state index contributed by atoms with van der Waals surface area (Å²) in [6.45, 7) is 4.40. The van der Waals surface area contributed by atoms with Crippen LogP contribution in [0.15, 0.2) is 60.8 Å². The van der Waals surface area contributed by atoms with Gasteiger partial charge in [0.1, 0.15) is 5.75 Å². The Labute approximate surface area is 119 Å². The fourth-order valence-electron chi connectivity index (χ4n) is 2.34. The second kappa shape index (κ2) is 5.33. The van der Waals surface area contributed by atoms with E-state index in [1.54, 1.807) is 0 Å². The Hall–Kier alpha value is -2.35. The molecule has 0 aliphatic heterocycles. The number of pyridine rings is 1. The van der Waals surface area contributed by atoms with Crippen molar-refractivity contribution in [3.8, 4) is 11.6 Å². The molecule has 3 aromatic rings. The molecule has 2 nitrogen and oxygen atoms in total. The zero-order valence-electron chi connectivity index (χ0n) is 11.7. The number of benzene rings is 2. The Balaban J connectivity index is 2.03. The minimum Gasteiger partial charge on any atom is -0.439 e. The van der Waals surface area contributed by atoms with Crippen LogP contribution in [0.2, 0.25) is 0 Å². The molecular formula is C18H17NO. The summed E-state index contributed by atoms with van der Waals surface area (Å²) < 4.78 is 5.81. The maximum Gasteiger partial charge on any atom is 0.219 e. The molecule has 0 bridgehead atoms. The maximum atomic E-state index is 5.81. The van der Waals surface area contributed by atoms with Gasteiger partial charge in [0.25, 0.3) is 0 Å². The smallest absolute Gasteiger partial charge is 0.219 e. The normalized spacial score (nSPS) is 10.9. The second-order valence-electron chi connectivity index (χ2n) is 5.16. The molecule has 1 heterocycles. The summed E-state index contributed by atoms with van der Waals surface area (Å²) in [6, 6.07) is 18.1. The molecule has 0 unspecified atom stereocenters. The number of ether oxygens (including phenoxy) is 1. The molecule has 0 atom stereocenters. The van der Waals surface area contributed by atoms with E-state index in [0.717, 1.165) is 11.1 Å². The predicted octanol–water partition coefficient (Wildman–Crippen LogP) is 5.15. The number of nitrogens with zero attached hydrogens (tertiary/aromatic N) is 1. The molecular weight excluding hydrogens is 246 g/mol. The molecule has 1 aromatic heterocycles. The summed E-state index contributed by atoms with van der Waals surface area (Å²) in [6.07, 6.45) is 1.87. The summed E-state index contributed by atoms with van der Waals surface area (Å²) >= 11 is 0. The van der Waals surface area contributed by atoms with Crippen LogP contribution in [-0.4, -0.2) is 4.98 Å². The van der Waals surface area contributed by atoms with E-state index in [2.05, 4.69) is 37.0 Å². The van der Waals surface area contributed by atoms with E-state index < -0.39 is 0 Å². The van der Waals surface area contributed by atoms with Crippen molar-refractivity contribution in [1.29, 1.82) is 0 Å². The lowest BCUT2D eigenvalue weighted by Gasteiger charge is -2.11. The highest BCUT2D eigenvalue weighted by Crippen LogP contribution is 2.28. The minimum absolute atomic E-state index is 0.477. The molecule has 0 saturated carbocycles. The standard InChI is InChI=1S/C18H17NO/c1-13(2)16-10-6-7-14-12-19-18(11-17(14)16)20-15-8-4-3-5-9-15/h3-13H,1-2H3. The zero-order chi connectivity index (χ0) is 13.9. The molecule has 0 N–H and O–H groups in total. The van der Waals surface area contributed by atoms with E-state index in [-0.39, 0.29) is 0 Å². The molecule has 0 fully saturated rings. The molecule has 0 saturated heterocycles. The van der Waals surface area contributed by atoms with E-state index in [1.807, 2.05) is 42.6 Å². The second-order valence-corrected chi connectivity index (χ2v) is 5.16. The number of rotatable bonds is 3. The first-order valence-corrected chi connectivity index (χ1v) is 6.85. The molecule has 2 aromatic carbocycles. The highest BCUT2D eigenvalue weighted by atomic mass is 16.5. The molecule has 2 heteroatoms. The largest absolute Gasteiger partial charge is 0.439 e. The van der Waals surface area contributed by atoms with Crippen LogP contribution in [0.3, 0.4) is 0 Å². The predicted molar refractivity (Wildman–Crippen MR) is 82.3 cm³/mol. The van der Waals surface area contributed by atoms with Crippen molar-refractivity contribution in [1.82, 2.24) is 4.98 Å². The average molecular weight is 263 g/mol. The van der Waals surface area contributed by atoms with Gasteiger partial charge in [0, 0.05) is 17.6 Å². The van der Waals surface area contributed by atoms with Gasteiger partial charge in [-0.1, -0.05) is 50.2 Å². The molecule has 0 amide bonds. The number of fused-ring (bicyclic) bond motifs is 1. The summed E-state index contributed by atoms with van der Waals surface area (Å²) in [5.74, 6) is 1.92. The fourth-order valence-corrected chi connectivity index (χ4v) is 2.34. The van der Waals surface area contributed by atoms with Gasteiger partial charge in [-0.15, -0.1) is 0 Å². The molecule has 0 radical (unpaired) electrons. The molecule has 20 heavy (non-hydrogen) atoms. The van der Waals surface area contributed by atoms with Gasteiger partial charge in [0.05, 0.1) is 0 Å². The van der Waals surface area contributed by atoms with Crippen LogP contribution in [0.5, 0.6) is 11.6 Å². The van der Waals surface area contributed by atoms with Gasteiger partial charge in [0.2, 0.25) is 5.88 Å². The van der Waals surface area contributed by atoms with Gasteiger partial charge in [-0.2, -0.15) is 0 Å². The first-order chi connectivity index (χ1) is 9.74. The third kappa shape index (κ3) is 2.50. The van der Waals surface area contributed by atoms with E-state index in [0.29, 0.717) is 11.8 Å². The number of hydrogen-bond acceptors (Lipinski definition) is 2. The van der Waals surface area contributed by atoms with Crippen LogP contribution < -0.4 is 4.74 Å². The highest BCUT2D eigenvalue weighted by Gasteiger charge is 2.07. The third-order valence-electron chi connectivity index (χ3n) is 3.36. The van der Waals surface area contributed by atoms with Crippen LogP contribution in [0.25, 0.3) is 10.8 Å². The molecule has 0 aliphatic carbocycles. The quantitative estimate of drug-likeness (QED) is 0.652. The van der Waals surface area contributed by atoms with Crippen LogP contribution in [-0.2, 0) is 0 Å². The number of para-hydroxylation sites is 1. The monoisotopic (exact) mass is 263 g/mol. The van der Waals surface area contributed by atoms with Gasteiger partial charge < -0.3 is 4.74 Å². The molecule has 100 valence electrons. The third-order valence-corrected chi connectivity index (χ3v) is 3.36. The van der Waals surface area contributed by atoms with Crippen molar-refractivity contribution in [2.45, 2.75) is 19.8 Å².